The summed E-state index contributed by atoms with van der Waals surface area (Å²) in [7, 11) is 1.69. The molecule has 1 aliphatic heterocycles. The van der Waals surface area contributed by atoms with Crippen molar-refractivity contribution in [3.63, 3.8) is 0 Å². The smallest absolute Gasteiger partial charge is 0.135 e. The number of methoxy groups -OCH3 is 1. The van der Waals surface area contributed by atoms with Gasteiger partial charge in [-0.15, -0.1) is 0 Å². The van der Waals surface area contributed by atoms with Gasteiger partial charge in [-0.25, -0.2) is 9.97 Å². The maximum absolute atomic E-state index is 6.07. The third-order valence-electron chi connectivity index (χ3n) is 4.87. The second-order valence-electron chi connectivity index (χ2n) is 6.70. The van der Waals surface area contributed by atoms with Crippen LogP contribution in [0.4, 0.5) is 5.82 Å². The molecule has 0 spiro atoms. The van der Waals surface area contributed by atoms with Gasteiger partial charge in [0.25, 0.3) is 0 Å². The highest BCUT2D eigenvalue weighted by Gasteiger charge is 2.24. The number of rotatable bonds is 3. The summed E-state index contributed by atoms with van der Waals surface area (Å²) in [6.07, 6.45) is 1.93. The van der Waals surface area contributed by atoms with Crippen LogP contribution in [-0.4, -0.2) is 36.8 Å². The van der Waals surface area contributed by atoms with Crippen LogP contribution >= 0.6 is 0 Å². The van der Waals surface area contributed by atoms with Gasteiger partial charge >= 0.3 is 0 Å². The normalized spacial score (nSPS) is 17.5. The number of ether oxygens (including phenoxy) is 2. The fourth-order valence-corrected chi connectivity index (χ4v) is 3.45. The molecule has 2 heterocycles. The summed E-state index contributed by atoms with van der Waals surface area (Å²) in [6, 6.07) is 12.6. The van der Waals surface area contributed by atoms with E-state index in [1.165, 1.54) is 16.3 Å². The van der Waals surface area contributed by atoms with Crippen LogP contribution in [0.25, 0.3) is 10.8 Å². The van der Waals surface area contributed by atoms with E-state index in [0.29, 0.717) is 6.61 Å². The van der Waals surface area contributed by atoms with E-state index in [1.54, 1.807) is 7.11 Å². The van der Waals surface area contributed by atoms with Crippen molar-refractivity contribution >= 4 is 16.6 Å². The van der Waals surface area contributed by atoms with E-state index in [2.05, 4.69) is 52.1 Å². The predicted octanol–water partition coefficient (Wildman–Crippen LogP) is 3.83. The molecule has 5 nitrogen and oxygen atoms in total. The second-order valence-corrected chi connectivity index (χ2v) is 6.70. The largest absolute Gasteiger partial charge is 0.497 e. The number of benzene rings is 2. The van der Waals surface area contributed by atoms with E-state index in [1.807, 2.05) is 19.2 Å². The molecule has 0 N–H and O–H groups in total. The molecule has 3 aromatic rings. The topological polar surface area (TPSA) is 47.5 Å². The Balaban J connectivity index is 1.61. The lowest BCUT2D eigenvalue weighted by Crippen LogP contribution is -2.39. The van der Waals surface area contributed by atoms with Gasteiger partial charge in [-0.05, 0) is 48.4 Å². The molecule has 134 valence electrons. The maximum Gasteiger partial charge on any atom is 0.135 e. The second kappa shape index (κ2) is 6.92. The van der Waals surface area contributed by atoms with Gasteiger partial charge in [-0.1, -0.05) is 18.2 Å². The lowest BCUT2D eigenvalue weighted by Gasteiger charge is -2.34. The average Bonchev–Trinajstić information content (AvgIpc) is 2.69. The number of aromatic nitrogens is 2. The lowest BCUT2D eigenvalue weighted by molar-refractivity contribution is 0.0395. The maximum atomic E-state index is 6.07. The summed E-state index contributed by atoms with van der Waals surface area (Å²) in [6.45, 7) is 6.31. The molecule has 5 heteroatoms. The van der Waals surface area contributed by atoms with Gasteiger partial charge in [0, 0.05) is 24.8 Å². The number of nitrogens with zero attached hydrogens (tertiary/aromatic N) is 3. The van der Waals surface area contributed by atoms with Crippen molar-refractivity contribution in [2.75, 3.05) is 31.7 Å². The minimum Gasteiger partial charge on any atom is -0.497 e. The van der Waals surface area contributed by atoms with Crippen LogP contribution in [-0.2, 0) is 4.74 Å². The van der Waals surface area contributed by atoms with Crippen LogP contribution in [0, 0.1) is 13.8 Å². The van der Waals surface area contributed by atoms with Gasteiger partial charge in [0.15, 0.2) is 0 Å². The quantitative estimate of drug-likeness (QED) is 0.719. The summed E-state index contributed by atoms with van der Waals surface area (Å²) in [5.41, 5.74) is 2.29. The van der Waals surface area contributed by atoms with E-state index < -0.39 is 0 Å². The zero-order valence-electron chi connectivity index (χ0n) is 15.4. The molecule has 1 fully saturated rings. The summed E-state index contributed by atoms with van der Waals surface area (Å²) in [5, 5.41) is 2.36. The zero-order valence-corrected chi connectivity index (χ0v) is 15.4. The van der Waals surface area contributed by atoms with Gasteiger partial charge in [-0.2, -0.15) is 0 Å². The van der Waals surface area contributed by atoms with Gasteiger partial charge in [-0.3, -0.25) is 0 Å². The Morgan fingerprint density at radius 3 is 2.77 bits per heavy atom. The highest BCUT2D eigenvalue weighted by atomic mass is 16.5. The first-order chi connectivity index (χ1) is 12.6. The number of anilines is 1. The first-order valence-corrected chi connectivity index (χ1v) is 8.88. The van der Waals surface area contributed by atoms with Crippen molar-refractivity contribution in [2.45, 2.75) is 20.0 Å². The van der Waals surface area contributed by atoms with E-state index in [-0.39, 0.29) is 6.10 Å². The first-order valence-electron chi connectivity index (χ1n) is 8.88. The van der Waals surface area contributed by atoms with Crippen LogP contribution in [0.2, 0.25) is 0 Å². The first kappa shape index (κ1) is 16.8. The standard InChI is InChI=1S/C21H23N3O2/c1-14-12-22-15(2)23-21(14)24-8-9-26-20(13-24)18-5-4-17-11-19(25-3)7-6-16(17)10-18/h4-7,10-12,20H,8-9,13H2,1-3H3/t20-/m1/s1. The molecule has 0 amide bonds. The Bertz CT molecular complexity index is 942. The van der Waals surface area contributed by atoms with Crippen molar-refractivity contribution in [2.24, 2.45) is 0 Å². The van der Waals surface area contributed by atoms with Crippen LogP contribution in [0.5, 0.6) is 5.75 Å². The Morgan fingerprint density at radius 1 is 1.12 bits per heavy atom. The highest BCUT2D eigenvalue weighted by Crippen LogP contribution is 2.30. The minimum absolute atomic E-state index is 0.0323. The van der Waals surface area contributed by atoms with Crippen molar-refractivity contribution in [3.8, 4) is 5.75 Å². The average molecular weight is 349 g/mol. The molecular weight excluding hydrogens is 326 g/mol. The van der Waals surface area contributed by atoms with Gasteiger partial charge in [0.05, 0.1) is 13.7 Å². The summed E-state index contributed by atoms with van der Waals surface area (Å²) in [4.78, 5) is 11.2. The van der Waals surface area contributed by atoms with Gasteiger partial charge < -0.3 is 14.4 Å². The molecule has 1 aliphatic rings. The molecule has 0 radical (unpaired) electrons. The Kier molecular flexibility index (Phi) is 4.47. The van der Waals surface area contributed by atoms with Crippen molar-refractivity contribution in [1.82, 2.24) is 9.97 Å². The molecule has 0 bridgehead atoms. The number of hydrogen-bond acceptors (Lipinski definition) is 5. The van der Waals surface area contributed by atoms with Crippen LogP contribution in [0.15, 0.2) is 42.6 Å². The van der Waals surface area contributed by atoms with Crippen LogP contribution in [0.1, 0.15) is 23.1 Å². The van der Waals surface area contributed by atoms with Crippen LogP contribution < -0.4 is 9.64 Å². The fraction of sp³-hybridized carbons (Fsp3) is 0.333. The Hall–Kier alpha value is -2.66. The molecule has 2 aromatic carbocycles. The molecule has 1 saturated heterocycles. The van der Waals surface area contributed by atoms with E-state index in [4.69, 9.17) is 9.47 Å². The number of aryl methyl sites for hydroxylation is 2. The molecule has 0 saturated carbocycles. The van der Waals surface area contributed by atoms with Crippen molar-refractivity contribution in [1.29, 1.82) is 0 Å². The molecule has 0 aliphatic carbocycles. The molecule has 26 heavy (non-hydrogen) atoms. The van der Waals surface area contributed by atoms with E-state index in [0.717, 1.165) is 36.0 Å². The zero-order chi connectivity index (χ0) is 18.1. The molecule has 1 aromatic heterocycles. The highest BCUT2D eigenvalue weighted by molar-refractivity contribution is 5.84. The molecule has 4 rings (SSSR count). The van der Waals surface area contributed by atoms with Crippen molar-refractivity contribution < 1.29 is 9.47 Å². The predicted molar refractivity (Wildman–Crippen MR) is 103 cm³/mol. The van der Waals surface area contributed by atoms with E-state index >= 15 is 0 Å². The molecular formula is C21H23N3O2. The number of morpholine rings is 1. The molecule has 0 unspecified atom stereocenters. The third-order valence-corrected chi connectivity index (χ3v) is 4.87. The van der Waals surface area contributed by atoms with Crippen molar-refractivity contribution in [3.05, 3.63) is 59.5 Å². The summed E-state index contributed by atoms with van der Waals surface area (Å²) >= 11 is 0. The number of fused-ring (bicyclic) bond motifs is 1. The Morgan fingerprint density at radius 2 is 1.92 bits per heavy atom. The minimum atomic E-state index is 0.0323. The molecule has 1 atom stereocenters. The lowest BCUT2D eigenvalue weighted by atomic mass is 10.0. The summed E-state index contributed by atoms with van der Waals surface area (Å²) < 4.78 is 11.4. The monoisotopic (exact) mass is 349 g/mol. The van der Waals surface area contributed by atoms with E-state index in [9.17, 15) is 0 Å². The van der Waals surface area contributed by atoms with Gasteiger partial charge in [0.2, 0.25) is 0 Å². The number of hydrogen-bond donors (Lipinski definition) is 0. The SMILES string of the molecule is COc1ccc2cc([C@H]3CN(c4nc(C)ncc4C)CCO3)ccc2c1. The summed E-state index contributed by atoms with van der Waals surface area (Å²) in [5.74, 6) is 2.68. The third kappa shape index (κ3) is 3.22. The van der Waals surface area contributed by atoms with Gasteiger partial charge in [0.1, 0.15) is 23.5 Å². The Labute approximate surface area is 153 Å². The van der Waals surface area contributed by atoms with Crippen LogP contribution in [0.3, 0.4) is 0 Å². The fourth-order valence-electron chi connectivity index (χ4n) is 3.45.